The smallest absolute Gasteiger partial charge is 0.183 e. The molecule has 0 aliphatic heterocycles. The van der Waals surface area contributed by atoms with E-state index in [-0.39, 0.29) is 0 Å². The minimum absolute atomic E-state index is 0.418. The summed E-state index contributed by atoms with van der Waals surface area (Å²) in [5.41, 5.74) is 0.742. The van der Waals surface area contributed by atoms with Crippen LogP contribution in [0.2, 0.25) is 0 Å². The lowest BCUT2D eigenvalue weighted by atomic mass is 10.4. The predicted molar refractivity (Wildman–Crippen MR) is 49.9 cm³/mol. The van der Waals surface area contributed by atoms with Gasteiger partial charge < -0.3 is 4.52 Å². The molecule has 0 aliphatic carbocycles. The van der Waals surface area contributed by atoms with Crippen LogP contribution in [-0.4, -0.2) is 16.6 Å². The summed E-state index contributed by atoms with van der Waals surface area (Å²) < 4.78 is 4.63. The Labute approximate surface area is 79.8 Å². The van der Waals surface area contributed by atoms with E-state index in [1.807, 2.05) is 6.26 Å². The van der Waals surface area contributed by atoms with Gasteiger partial charge in [-0.3, -0.25) is 10.3 Å². The maximum Gasteiger partial charge on any atom is 0.183 e. The molecular formula is C7H8N4OS. The highest BCUT2D eigenvalue weighted by Crippen LogP contribution is 2.00. The van der Waals surface area contributed by atoms with E-state index >= 15 is 0 Å². The van der Waals surface area contributed by atoms with Crippen LogP contribution in [0.25, 0.3) is 0 Å². The molecule has 68 valence electrons. The predicted octanol–water partition coefficient (Wildman–Crippen LogP) is 0.964. The largest absolute Gasteiger partial charge is 0.364 e. The standard InChI is InChI=1S/C7H8N4OS/c1-13-7(10-5-8)9-4-6-2-3-12-11-6/h2-3H,4H2,1H3,(H,9,10). The van der Waals surface area contributed by atoms with Gasteiger partial charge in [0.05, 0.1) is 6.54 Å². The molecule has 5 nitrogen and oxygen atoms in total. The zero-order valence-electron chi connectivity index (χ0n) is 7.02. The second-order valence-electron chi connectivity index (χ2n) is 2.05. The Kier molecular flexibility index (Phi) is 3.85. The molecule has 0 spiro atoms. The highest BCUT2D eigenvalue weighted by molar-refractivity contribution is 8.13. The van der Waals surface area contributed by atoms with Gasteiger partial charge >= 0.3 is 0 Å². The molecule has 0 bridgehead atoms. The Morgan fingerprint density at radius 2 is 2.77 bits per heavy atom. The molecular weight excluding hydrogens is 188 g/mol. The summed E-state index contributed by atoms with van der Waals surface area (Å²) in [6.07, 6.45) is 5.13. The third-order valence-corrected chi connectivity index (χ3v) is 1.85. The molecule has 1 aromatic rings. The van der Waals surface area contributed by atoms with E-state index < -0.39 is 0 Å². The first kappa shape index (κ1) is 9.61. The van der Waals surface area contributed by atoms with Crippen molar-refractivity contribution in [3.05, 3.63) is 18.0 Å². The zero-order chi connectivity index (χ0) is 9.52. The van der Waals surface area contributed by atoms with Gasteiger partial charge in [0, 0.05) is 6.07 Å². The number of hydrogen-bond donors (Lipinski definition) is 1. The molecule has 6 heteroatoms. The van der Waals surface area contributed by atoms with Crippen LogP contribution >= 0.6 is 11.8 Å². The monoisotopic (exact) mass is 196 g/mol. The molecule has 0 saturated carbocycles. The second-order valence-corrected chi connectivity index (χ2v) is 2.85. The Morgan fingerprint density at radius 1 is 1.92 bits per heavy atom. The van der Waals surface area contributed by atoms with Gasteiger partial charge in [0.1, 0.15) is 12.0 Å². The zero-order valence-corrected chi connectivity index (χ0v) is 7.84. The number of nitrogens with zero attached hydrogens (tertiary/aromatic N) is 3. The van der Waals surface area contributed by atoms with E-state index in [9.17, 15) is 0 Å². The quantitative estimate of drug-likeness (QED) is 0.330. The molecule has 0 amide bonds. The maximum absolute atomic E-state index is 8.34. The second kappa shape index (κ2) is 5.22. The lowest BCUT2D eigenvalue weighted by molar-refractivity contribution is 0.412. The summed E-state index contributed by atoms with van der Waals surface area (Å²) in [5, 5.41) is 15.0. The van der Waals surface area contributed by atoms with Crippen molar-refractivity contribution in [3.63, 3.8) is 0 Å². The van der Waals surface area contributed by atoms with E-state index in [1.165, 1.54) is 18.0 Å². The van der Waals surface area contributed by atoms with Crippen LogP contribution in [0.15, 0.2) is 21.8 Å². The normalized spacial score (nSPS) is 10.9. The number of aromatic nitrogens is 1. The van der Waals surface area contributed by atoms with E-state index in [0.29, 0.717) is 11.7 Å². The third kappa shape index (κ3) is 3.17. The maximum atomic E-state index is 8.34. The fourth-order valence-corrected chi connectivity index (χ4v) is 1.02. The molecule has 1 aromatic heterocycles. The van der Waals surface area contributed by atoms with Gasteiger partial charge in [0.2, 0.25) is 0 Å². The molecule has 1 heterocycles. The van der Waals surface area contributed by atoms with Gasteiger partial charge in [-0.25, -0.2) is 0 Å². The van der Waals surface area contributed by atoms with Gasteiger partial charge in [-0.05, 0) is 6.26 Å². The van der Waals surface area contributed by atoms with Gasteiger partial charge in [-0.1, -0.05) is 16.9 Å². The first-order chi connectivity index (χ1) is 6.36. The number of thioether (sulfide) groups is 1. The molecule has 0 radical (unpaired) electrons. The van der Waals surface area contributed by atoms with Crippen LogP contribution in [0.5, 0.6) is 0 Å². The summed E-state index contributed by atoms with van der Waals surface area (Å²) in [6, 6.07) is 1.73. The third-order valence-electron chi connectivity index (χ3n) is 1.23. The Hall–Kier alpha value is -1.48. The number of nitriles is 1. The van der Waals surface area contributed by atoms with Crippen LogP contribution < -0.4 is 5.32 Å². The summed E-state index contributed by atoms with van der Waals surface area (Å²) in [4.78, 5) is 4.10. The lowest BCUT2D eigenvalue weighted by Gasteiger charge is -1.96. The average Bonchev–Trinajstić information content (AvgIpc) is 2.64. The van der Waals surface area contributed by atoms with Crippen molar-refractivity contribution in [2.24, 2.45) is 4.99 Å². The number of rotatable bonds is 2. The van der Waals surface area contributed by atoms with Crippen molar-refractivity contribution in [3.8, 4) is 6.19 Å². The van der Waals surface area contributed by atoms with Gasteiger partial charge in [0.25, 0.3) is 0 Å². The van der Waals surface area contributed by atoms with Crippen LogP contribution in [0.1, 0.15) is 5.69 Å². The van der Waals surface area contributed by atoms with Crippen LogP contribution in [0, 0.1) is 11.5 Å². The Morgan fingerprint density at radius 3 is 3.31 bits per heavy atom. The number of amidine groups is 1. The topological polar surface area (TPSA) is 74.2 Å². The fourth-order valence-electron chi connectivity index (χ4n) is 0.675. The van der Waals surface area contributed by atoms with E-state index in [4.69, 9.17) is 5.26 Å². The van der Waals surface area contributed by atoms with Crippen molar-refractivity contribution in [1.82, 2.24) is 10.5 Å². The van der Waals surface area contributed by atoms with Crippen molar-refractivity contribution in [2.75, 3.05) is 6.26 Å². The number of hydrogen-bond acceptors (Lipinski definition) is 5. The summed E-state index contributed by atoms with van der Waals surface area (Å²) >= 11 is 1.37. The number of aliphatic imine (C=N–C) groups is 1. The summed E-state index contributed by atoms with van der Waals surface area (Å²) in [5.74, 6) is 0. The van der Waals surface area contributed by atoms with Gasteiger partial charge in [-0.15, -0.1) is 0 Å². The Bertz CT molecular complexity index is 314. The minimum Gasteiger partial charge on any atom is -0.364 e. The minimum atomic E-state index is 0.418. The lowest BCUT2D eigenvalue weighted by Crippen LogP contribution is -2.13. The molecule has 1 rings (SSSR count). The highest BCUT2D eigenvalue weighted by atomic mass is 32.2. The highest BCUT2D eigenvalue weighted by Gasteiger charge is 1.96. The molecule has 0 unspecified atom stereocenters. The molecule has 0 saturated heterocycles. The molecule has 0 aromatic carbocycles. The first-order valence-corrected chi connectivity index (χ1v) is 4.72. The van der Waals surface area contributed by atoms with Crippen LogP contribution in [-0.2, 0) is 6.54 Å². The first-order valence-electron chi connectivity index (χ1n) is 3.49. The fraction of sp³-hybridized carbons (Fsp3) is 0.286. The van der Waals surface area contributed by atoms with Crippen molar-refractivity contribution < 1.29 is 4.52 Å². The Balaban J connectivity index is 2.51. The molecule has 0 atom stereocenters. The average molecular weight is 196 g/mol. The van der Waals surface area contributed by atoms with Crippen molar-refractivity contribution >= 4 is 16.9 Å². The van der Waals surface area contributed by atoms with Gasteiger partial charge in [0.15, 0.2) is 11.4 Å². The summed E-state index contributed by atoms with van der Waals surface area (Å²) in [6.45, 7) is 0.418. The van der Waals surface area contributed by atoms with E-state index in [0.717, 1.165) is 5.69 Å². The van der Waals surface area contributed by atoms with E-state index in [2.05, 4.69) is 20.0 Å². The number of nitrogens with one attached hydrogen (secondary N) is 1. The molecule has 0 fully saturated rings. The molecule has 13 heavy (non-hydrogen) atoms. The SMILES string of the molecule is CSC(=NCc1ccon1)NC#N. The summed E-state index contributed by atoms with van der Waals surface area (Å²) in [7, 11) is 0. The van der Waals surface area contributed by atoms with Crippen LogP contribution in [0.3, 0.4) is 0 Å². The van der Waals surface area contributed by atoms with Crippen molar-refractivity contribution in [1.29, 1.82) is 5.26 Å². The van der Waals surface area contributed by atoms with Gasteiger partial charge in [-0.2, -0.15) is 5.26 Å². The molecule has 0 aliphatic rings. The van der Waals surface area contributed by atoms with E-state index in [1.54, 1.807) is 12.3 Å². The molecule has 1 N–H and O–H groups in total. The van der Waals surface area contributed by atoms with Crippen LogP contribution in [0.4, 0.5) is 0 Å². The van der Waals surface area contributed by atoms with Crippen molar-refractivity contribution in [2.45, 2.75) is 6.54 Å².